The average molecular weight is 211 g/mol. The number of benzene rings is 1. The Labute approximate surface area is 87.7 Å². The van der Waals surface area contributed by atoms with Crippen LogP contribution < -0.4 is 5.73 Å². The van der Waals surface area contributed by atoms with Gasteiger partial charge in [-0.1, -0.05) is 26.0 Å². The molecule has 0 fully saturated rings. The highest BCUT2D eigenvalue weighted by Gasteiger charge is 2.16. The highest BCUT2D eigenvalue weighted by molar-refractivity contribution is 5.75. The molecule has 15 heavy (non-hydrogen) atoms. The number of halogens is 1. The van der Waals surface area contributed by atoms with E-state index in [0.29, 0.717) is 5.56 Å². The molecule has 0 aromatic heterocycles. The van der Waals surface area contributed by atoms with E-state index < -0.39 is 17.8 Å². The molecule has 1 aromatic rings. The summed E-state index contributed by atoms with van der Waals surface area (Å²) < 4.78 is 13.5. The van der Waals surface area contributed by atoms with E-state index in [1.165, 1.54) is 6.07 Å². The molecule has 1 unspecified atom stereocenters. The molecule has 3 nitrogen and oxygen atoms in total. The monoisotopic (exact) mass is 211 g/mol. The second-order valence-corrected chi connectivity index (χ2v) is 3.75. The van der Waals surface area contributed by atoms with Crippen molar-refractivity contribution < 1.29 is 14.3 Å². The zero-order valence-electron chi connectivity index (χ0n) is 8.70. The van der Waals surface area contributed by atoms with Crippen LogP contribution in [0.2, 0.25) is 0 Å². The van der Waals surface area contributed by atoms with Crippen LogP contribution in [0, 0.1) is 5.82 Å². The number of carboxylic acids is 1. The van der Waals surface area contributed by atoms with E-state index in [2.05, 4.69) is 0 Å². The lowest BCUT2D eigenvalue weighted by atomic mass is 9.98. The predicted octanol–water partition coefficient (Wildman–Crippen LogP) is 2.03. The standard InChI is InChI=1S/C11H14FNO2/c1-6(2)8-4-3-7(5-9(8)12)10(13)11(14)15/h3-6,10H,13H2,1-2H3,(H,14,15). The summed E-state index contributed by atoms with van der Waals surface area (Å²) in [7, 11) is 0. The highest BCUT2D eigenvalue weighted by atomic mass is 19.1. The molecule has 1 atom stereocenters. The van der Waals surface area contributed by atoms with Crippen molar-refractivity contribution in [1.29, 1.82) is 0 Å². The van der Waals surface area contributed by atoms with Crippen molar-refractivity contribution in [1.82, 2.24) is 0 Å². The Morgan fingerprint density at radius 2 is 2.07 bits per heavy atom. The largest absolute Gasteiger partial charge is 0.480 e. The molecule has 0 saturated carbocycles. The maximum Gasteiger partial charge on any atom is 0.325 e. The van der Waals surface area contributed by atoms with Gasteiger partial charge in [0, 0.05) is 0 Å². The van der Waals surface area contributed by atoms with E-state index in [9.17, 15) is 9.18 Å². The first-order valence-corrected chi connectivity index (χ1v) is 4.71. The summed E-state index contributed by atoms with van der Waals surface area (Å²) in [6.07, 6.45) is 0. The molecular weight excluding hydrogens is 197 g/mol. The summed E-state index contributed by atoms with van der Waals surface area (Å²) in [6, 6.07) is 3.16. The van der Waals surface area contributed by atoms with Crippen LogP contribution in [0.15, 0.2) is 18.2 Å². The zero-order chi connectivity index (χ0) is 11.6. The Morgan fingerprint density at radius 1 is 1.47 bits per heavy atom. The molecule has 3 N–H and O–H groups in total. The Hall–Kier alpha value is -1.42. The molecule has 82 valence electrons. The summed E-state index contributed by atoms with van der Waals surface area (Å²) in [4.78, 5) is 10.6. The minimum absolute atomic E-state index is 0.0695. The summed E-state index contributed by atoms with van der Waals surface area (Å²) in [5.74, 6) is -1.49. The SMILES string of the molecule is CC(C)c1ccc(C(N)C(=O)O)cc1F. The van der Waals surface area contributed by atoms with Gasteiger partial charge >= 0.3 is 5.97 Å². The van der Waals surface area contributed by atoms with Crippen molar-refractivity contribution in [3.8, 4) is 0 Å². The van der Waals surface area contributed by atoms with Gasteiger partial charge in [0.2, 0.25) is 0 Å². The first-order valence-electron chi connectivity index (χ1n) is 4.71. The first kappa shape index (κ1) is 11.7. The summed E-state index contributed by atoms with van der Waals surface area (Å²) in [5, 5.41) is 8.66. The molecule has 0 heterocycles. The van der Waals surface area contributed by atoms with Crippen molar-refractivity contribution >= 4 is 5.97 Å². The van der Waals surface area contributed by atoms with Gasteiger partial charge in [-0.15, -0.1) is 0 Å². The first-order chi connectivity index (χ1) is 6.93. The summed E-state index contributed by atoms with van der Waals surface area (Å²) in [6.45, 7) is 3.74. The Balaban J connectivity index is 3.06. The van der Waals surface area contributed by atoms with E-state index in [4.69, 9.17) is 10.8 Å². The molecule has 4 heteroatoms. The fourth-order valence-electron chi connectivity index (χ4n) is 1.35. The molecule has 0 spiro atoms. The Kier molecular flexibility index (Phi) is 3.42. The fourth-order valence-corrected chi connectivity index (χ4v) is 1.35. The maximum atomic E-state index is 13.5. The normalized spacial score (nSPS) is 12.9. The minimum Gasteiger partial charge on any atom is -0.480 e. The topological polar surface area (TPSA) is 63.3 Å². The van der Waals surface area contributed by atoms with E-state index in [1.54, 1.807) is 12.1 Å². The highest BCUT2D eigenvalue weighted by Crippen LogP contribution is 2.21. The molecule has 0 bridgehead atoms. The quantitative estimate of drug-likeness (QED) is 0.804. The van der Waals surface area contributed by atoms with Gasteiger partial charge < -0.3 is 10.8 Å². The summed E-state index contributed by atoms with van der Waals surface area (Å²) in [5.41, 5.74) is 6.21. The zero-order valence-corrected chi connectivity index (χ0v) is 8.70. The van der Waals surface area contributed by atoms with Gasteiger partial charge in [-0.3, -0.25) is 4.79 Å². The third-order valence-corrected chi connectivity index (χ3v) is 2.27. The number of rotatable bonds is 3. The number of hydrogen-bond donors (Lipinski definition) is 2. The molecule has 0 saturated heterocycles. The molecule has 0 amide bonds. The lowest BCUT2D eigenvalue weighted by Crippen LogP contribution is -2.20. The number of hydrogen-bond acceptors (Lipinski definition) is 2. The number of carboxylic acid groups (broad SMARTS) is 1. The third-order valence-electron chi connectivity index (χ3n) is 2.27. The van der Waals surface area contributed by atoms with Crippen molar-refractivity contribution in [2.75, 3.05) is 0 Å². The van der Waals surface area contributed by atoms with Crippen LogP contribution in [0.5, 0.6) is 0 Å². The predicted molar refractivity (Wildman–Crippen MR) is 55.1 cm³/mol. The second-order valence-electron chi connectivity index (χ2n) is 3.75. The molecular formula is C11H14FNO2. The van der Waals surface area contributed by atoms with Gasteiger partial charge in [0.25, 0.3) is 0 Å². The Morgan fingerprint density at radius 3 is 2.47 bits per heavy atom. The van der Waals surface area contributed by atoms with Gasteiger partial charge in [0.15, 0.2) is 0 Å². The average Bonchev–Trinajstić information content (AvgIpc) is 2.15. The molecule has 0 aliphatic heterocycles. The van der Waals surface area contributed by atoms with Crippen LogP contribution in [-0.4, -0.2) is 11.1 Å². The van der Waals surface area contributed by atoms with Crippen LogP contribution in [0.25, 0.3) is 0 Å². The molecule has 0 radical (unpaired) electrons. The third kappa shape index (κ3) is 2.53. The van der Waals surface area contributed by atoms with E-state index in [-0.39, 0.29) is 11.5 Å². The van der Waals surface area contributed by atoms with Gasteiger partial charge in [0.05, 0.1) is 0 Å². The smallest absolute Gasteiger partial charge is 0.325 e. The Bertz CT molecular complexity index is 377. The lowest BCUT2D eigenvalue weighted by molar-refractivity contribution is -0.138. The van der Waals surface area contributed by atoms with E-state index in [1.807, 2.05) is 13.8 Å². The molecule has 0 aliphatic carbocycles. The van der Waals surface area contributed by atoms with Crippen molar-refractivity contribution in [2.45, 2.75) is 25.8 Å². The minimum atomic E-state index is -1.17. The van der Waals surface area contributed by atoms with Gasteiger partial charge in [-0.05, 0) is 23.1 Å². The van der Waals surface area contributed by atoms with Gasteiger partial charge in [0.1, 0.15) is 11.9 Å². The van der Waals surface area contributed by atoms with Crippen LogP contribution >= 0.6 is 0 Å². The van der Waals surface area contributed by atoms with Crippen LogP contribution in [0.3, 0.4) is 0 Å². The lowest BCUT2D eigenvalue weighted by Gasteiger charge is -2.11. The van der Waals surface area contributed by atoms with Gasteiger partial charge in [-0.25, -0.2) is 4.39 Å². The maximum absolute atomic E-state index is 13.5. The molecule has 1 rings (SSSR count). The van der Waals surface area contributed by atoms with Gasteiger partial charge in [-0.2, -0.15) is 0 Å². The molecule has 0 aliphatic rings. The van der Waals surface area contributed by atoms with Crippen molar-refractivity contribution in [3.05, 3.63) is 35.1 Å². The summed E-state index contributed by atoms with van der Waals surface area (Å²) >= 11 is 0. The van der Waals surface area contributed by atoms with Crippen molar-refractivity contribution in [2.24, 2.45) is 5.73 Å². The fraction of sp³-hybridized carbons (Fsp3) is 0.364. The van der Waals surface area contributed by atoms with E-state index >= 15 is 0 Å². The number of carbonyl (C=O) groups is 1. The van der Waals surface area contributed by atoms with E-state index in [0.717, 1.165) is 0 Å². The number of aliphatic carboxylic acids is 1. The second kappa shape index (κ2) is 4.40. The van der Waals surface area contributed by atoms with Crippen molar-refractivity contribution in [3.63, 3.8) is 0 Å². The molecule has 1 aromatic carbocycles. The van der Waals surface area contributed by atoms with Crippen LogP contribution in [0.1, 0.15) is 36.9 Å². The van der Waals surface area contributed by atoms with Crippen LogP contribution in [-0.2, 0) is 4.79 Å². The van der Waals surface area contributed by atoms with Crippen LogP contribution in [0.4, 0.5) is 4.39 Å². The number of nitrogens with two attached hydrogens (primary N) is 1.